The van der Waals surface area contributed by atoms with Crippen molar-refractivity contribution >= 4 is 23.4 Å². The Morgan fingerprint density at radius 3 is 3.06 bits per heavy atom. The standard InChI is InChI=1S/C14H17ClOS/c15-13-5-6-16-9-11(13)8-12-7-10-3-1-2-4-14(10)17-12/h1-4,11-13H,5-9H2. The van der Waals surface area contributed by atoms with Gasteiger partial charge in [0.2, 0.25) is 0 Å². The minimum Gasteiger partial charge on any atom is -0.381 e. The van der Waals surface area contributed by atoms with Crippen LogP contribution < -0.4 is 0 Å². The van der Waals surface area contributed by atoms with Crippen molar-refractivity contribution in [1.82, 2.24) is 0 Å². The molecule has 3 heteroatoms. The molecule has 3 unspecified atom stereocenters. The molecule has 1 nitrogen and oxygen atoms in total. The molecule has 0 N–H and O–H groups in total. The second kappa shape index (κ2) is 5.21. The molecule has 1 aromatic carbocycles. The first kappa shape index (κ1) is 11.9. The van der Waals surface area contributed by atoms with E-state index in [-0.39, 0.29) is 0 Å². The zero-order valence-electron chi connectivity index (χ0n) is 9.77. The van der Waals surface area contributed by atoms with Gasteiger partial charge in [-0.2, -0.15) is 0 Å². The van der Waals surface area contributed by atoms with Crippen molar-refractivity contribution in [3.8, 4) is 0 Å². The van der Waals surface area contributed by atoms with Gasteiger partial charge < -0.3 is 4.74 Å². The highest BCUT2D eigenvalue weighted by molar-refractivity contribution is 8.00. The molecular formula is C14H17ClOS. The molecule has 3 rings (SSSR count). The van der Waals surface area contributed by atoms with E-state index in [0.717, 1.165) is 19.6 Å². The molecule has 0 spiro atoms. The van der Waals surface area contributed by atoms with Crippen LogP contribution in [0.3, 0.4) is 0 Å². The second-order valence-corrected chi connectivity index (χ2v) is 6.83. The largest absolute Gasteiger partial charge is 0.381 e. The third kappa shape index (κ3) is 2.64. The molecule has 2 aliphatic rings. The van der Waals surface area contributed by atoms with Crippen LogP contribution in [-0.2, 0) is 11.2 Å². The zero-order valence-corrected chi connectivity index (χ0v) is 11.3. The maximum Gasteiger partial charge on any atom is 0.0508 e. The van der Waals surface area contributed by atoms with Crippen LogP contribution in [-0.4, -0.2) is 23.8 Å². The fraction of sp³-hybridized carbons (Fsp3) is 0.571. The van der Waals surface area contributed by atoms with Crippen LogP contribution in [0.4, 0.5) is 0 Å². The summed E-state index contributed by atoms with van der Waals surface area (Å²) >= 11 is 8.40. The lowest BCUT2D eigenvalue weighted by atomic mass is 9.94. The Morgan fingerprint density at radius 1 is 1.35 bits per heavy atom. The van der Waals surface area contributed by atoms with E-state index in [0.29, 0.717) is 16.5 Å². The van der Waals surface area contributed by atoms with Gasteiger partial charge in [0.1, 0.15) is 0 Å². The molecule has 2 heterocycles. The predicted molar refractivity (Wildman–Crippen MR) is 73.0 cm³/mol. The van der Waals surface area contributed by atoms with Crippen LogP contribution in [0.25, 0.3) is 0 Å². The monoisotopic (exact) mass is 268 g/mol. The smallest absolute Gasteiger partial charge is 0.0508 e. The fourth-order valence-electron chi connectivity index (χ4n) is 2.71. The highest BCUT2D eigenvalue weighted by atomic mass is 35.5. The van der Waals surface area contributed by atoms with Gasteiger partial charge in [0.05, 0.1) is 6.61 Å². The van der Waals surface area contributed by atoms with Gasteiger partial charge in [0.25, 0.3) is 0 Å². The first-order valence-electron chi connectivity index (χ1n) is 6.29. The molecule has 0 saturated carbocycles. The number of ether oxygens (including phenoxy) is 1. The van der Waals surface area contributed by atoms with Gasteiger partial charge in [-0.1, -0.05) is 18.2 Å². The SMILES string of the molecule is ClC1CCOCC1CC1Cc2ccccc2S1. The Morgan fingerprint density at radius 2 is 2.24 bits per heavy atom. The third-order valence-electron chi connectivity index (χ3n) is 3.66. The summed E-state index contributed by atoms with van der Waals surface area (Å²) < 4.78 is 5.55. The molecule has 0 bridgehead atoms. The quantitative estimate of drug-likeness (QED) is 0.756. The first-order chi connectivity index (χ1) is 8.33. The van der Waals surface area contributed by atoms with Crippen LogP contribution in [0, 0.1) is 5.92 Å². The summed E-state index contributed by atoms with van der Waals surface area (Å²) in [5.41, 5.74) is 1.50. The average Bonchev–Trinajstić information content (AvgIpc) is 2.74. The maximum absolute atomic E-state index is 6.38. The molecule has 0 radical (unpaired) electrons. The van der Waals surface area contributed by atoms with Crippen molar-refractivity contribution in [3.63, 3.8) is 0 Å². The highest BCUT2D eigenvalue weighted by Crippen LogP contribution is 2.41. The Balaban J connectivity index is 1.61. The third-order valence-corrected chi connectivity index (χ3v) is 5.58. The Bertz CT molecular complexity index is 371. The van der Waals surface area contributed by atoms with E-state index in [1.165, 1.54) is 23.3 Å². The van der Waals surface area contributed by atoms with E-state index in [2.05, 4.69) is 24.3 Å². The van der Waals surface area contributed by atoms with Crippen molar-refractivity contribution in [2.75, 3.05) is 13.2 Å². The van der Waals surface area contributed by atoms with Gasteiger partial charge in [-0.05, 0) is 36.8 Å². The van der Waals surface area contributed by atoms with Crippen molar-refractivity contribution < 1.29 is 4.74 Å². The van der Waals surface area contributed by atoms with Gasteiger partial charge in [0, 0.05) is 22.1 Å². The van der Waals surface area contributed by atoms with Crippen molar-refractivity contribution in [1.29, 1.82) is 0 Å². The van der Waals surface area contributed by atoms with E-state index < -0.39 is 0 Å². The lowest BCUT2D eigenvalue weighted by Gasteiger charge is -2.28. The first-order valence-corrected chi connectivity index (χ1v) is 7.61. The Kier molecular flexibility index (Phi) is 3.64. The van der Waals surface area contributed by atoms with Crippen LogP contribution in [0.15, 0.2) is 29.2 Å². The predicted octanol–water partition coefficient (Wildman–Crippen LogP) is 3.74. The number of rotatable bonds is 2. The minimum absolute atomic E-state index is 0.313. The van der Waals surface area contributed by atoms with Crippen LogP contribution in [0.5, 0.6) is 0 Å². The van der Waals surface area contributed by atoms with Crippen LogP contribution in [0.2, 0.25) is 0 Å². The molecule has 0 amide bonds. The van der Waals surface area contributed by atoms with Gasteiger partial charge in [-0.3, -0.25) is 0 Å². The summed E-state index contributed by atoms with van der Waals surface area (Å²) in [7, 11) is 0. The molecule has 1 fully saturated rings. The summed E-state index contributed by atoms with van der Waals surface area (Å²) in [5, 5.41) is 1.01. The number of halogens is 1. The number of fused-ring (bicyclic) bond motifs is 1. The number of hydrogen-bond acceptors (Lipinski definition) is 2. The molecule has 0 aliphatic carbocycles. The maximum atomic E-state index is 6.38. The molecule has 17 heavy (non-hydrogen) atoms. The van der Waals surface area contributed by atoms with E-state index in [9.17, 15) is 0 Å². The van der Waals surface area contributed by atoms with Gasteiger partial charge in [0.15, 0.2) is 0 Å². The fourth-order valence-corrected chi connectivity index (χ4v) is 4.40. The van der Waals surface area contributed by atoms with Crippen molar-refractivity contribution in [3.05, 3.63) is 29.8 Å². The lowest BCUT2D eigenvalue weighted by Crippen LogP contribution is -2.30. The van der Waals surface area contributed by atoms with Crippen LogP contribution >= 0.6 is 23.4 Å². The van der Waals surface area contributed by atoms with Gasteiger partial charge in [-0.15, -0.1) is 23.4 Å². The van der Waals surface area contributed by atoms with Crippen LogP contribution in [0.1, 0.15) is 18.4 Å². The summed E-state index contributed by atoms with van der Waals surface area (Å²) in [5.74, 6) is 0.539. The number of hydrogen-bond donors (Lipinski definition) is 0. The van der Waals surface area contributed by atoms with E-state index in [1.54, 1.807) is 0 Å². The molecule has 2 aliphatic heterocycles. The summed E-state index contributed by atoms with van der Waals surface area (Å²) in [6.07, 6.45) is 3.39. The average molecular weight is 269 g/mol. The molecule has 3 atom stereocenters. The minimum atomic E-state index is 0.313. The van der Waals surface area contributed by atoms with E-state index in [4.69, 9.17) is 16.3 Å². The Hall–Kier alpha value is -0.180. The number of thioether (sulfide) groups is 1. The topological polar surface area (TPSA) is 9.23 Å². The van der Waals surface area contributed by atoms with Gasteiger partial charge in [-0.25, -0.2) is 0 Å². The number of benzene rings is 1. The highest BCUT2D eigenvalue weighted by Gasteiger charge is 2.30. The van der Waals surface area contributed by atoms with E-state index >= 15 is 0 Å². The molecule has 1 saturated heterocycles. The molecule has 92 valence electrons. The summed E-state index contributed by atoms with van der Waals surface area (Å²) in [6, 6.07) is 8.74. The summed E-state index contributed by atoms with van der Waals surface area (Å²) in [4.78, 5) is 1.46. The summed E-state index contributed by atoms with van der Waals surface area (Å²) in [6.45, 7) is 1.68. The van der Waals surface area contributed by atoms with Crippen molar-refractivity contribution in [2.24, 2.45) is 5.92 Å². The van der Waals surface area contributed by atoms with E-state index in [1.807, 2.05) is 11.8 Å². The number of alkyl halides is 1. The second-order valence-electron chi connectivity index (χ2n) is 4.93. The van der Waals surface area contributed by atoms with Crippen molar-refractivity contribution in [2.45, 2.75) is 34.8 Å². The Labute approximate surface area is 112 Å². The zero-order chi connectivity index (χ0) is 11.7. The normalized spacial score (nSPS) is 32.4. The molecule has 1 aromatic rings. The molecular weight excluding hydrogens is 252 g/mol. The molecule has 0 aromatic heterocycles. The lowest BCUT2D eigenvalue weighted by molar-refractivity contribution is 0.0544. The van der Waals surface area contributed by atoms with Gasteiger partial charge >= 0.3 is 0 Å².